The van der Waals surface area contributed by atoms with E-state index in [1.54, 1.807) is 0 Å². The molecule has 0 N–H and O–H groups in total. The first-order valence-corrected chi connectivity index (χ1v) is 11.7. The van der Waals surface area contributed by atoms with Crippen molar-refractivity contribution in [1.29, 1.82) is 0 Å². The highest BCUT2D eigenvalue weighted by Gasteiger charge is 2.33. The lowest BCUT2D eigenvalue weighted by molar-refractivity contribution is -0.634. The Morgan fingerprint density at radius 1 is 0.706 bits per heavy atom. The SMILES string of the molecule is C.Cc1cc(C)c(-n2c(-c3ccccc3C)[n+](C)c3c4c(ccc32)-c2ccccc2C4)c(C)c1. The standard InChI is InChI=1S/C31H29N2.CH4/c1-19-16-21(3)29(22(4)17-19)33-28-15-14-26-25-13-9-7-11-23(25)18-27(26)30(28)32(5)31(33)24-12-8-6-10-20(24)2;/h6-17H,18H2,1-5H3;1H4/q+1;. The molecule has 0 atom stereocenters. The van der Waals surface area contributed by atoms with Crippen molar-refractivity contribution >= 4 is 11.0 Å². The quantitative estimate of drug-likeness (QED) is 0.243. The molecule has 0 spiro atoms. The van der Waals surface area contributed by atoms with E-state index in [1.165, 1.54) is 72.6 Å². The number of hydrogen-bond donors (Lipinski definition) is 0. The van der Waals surface area contributed by atoms with Gasteiger partial charge < -0.3 is 0 Å². The average molecular weight is 446 g/mol. The largest absolute Gasteiger partial charge is 0.295 e. The second-order valence-electron chi connectivity index (χ2n) is 9.57. The highest BCUT2D eigenvalue weighted by atomic mass is 15.2. The highest BCUT2D eigenvalue weighted by molar-refractivity contribution is 5.92. The average Bonchev–Trinajstić information content (AvgIpc) is 3.29. The minimum absolute atomic E-state index is 0. The maximum Gasteiger partial charge on any atom is 0.295 e. The molecule has 1 aromatic heterocycles. The molecule has 1 aliphatic carbocycles. The first kappa shape index (κ1) is 22.2. The zero-order valence-corrected chi connectivity index (χ0v) is 20.0. The molecule has 0 bridgehead atoms. The van der Waals surface area contributed by atoms with Crippen LogP contribution in [0.4, 0.5) is 0 Å². The van der Waals surface area contributed by atoms with E-state index < -0.39 is 0 Å². The fourth-order valence-corrected chi connectivity index (χ4v) is 5.98. The Labute approximate surface area is 203 Å². The van der Waals surface area contributed by atoms with Gasteiger partial charge in [0.15, 0.2) is 11.0 Å². The number of rotatable bonds is 2. The van der Waals surface area contributed by atoms with Gasteiger partial charge in [-0.25, -0.2) is 4.57 Å². The summed E-state index contributed by atoms with van der Waals surface area (Å²) in [5, 5.41) is 0. The molecule has 2 heteroatoms. The molecule has 0 unspecified atom stereocenters. The van der Waals surface area contributed by atoms with Crippen LogP contribution in [-0.4, -0.2) is 4.57 Å². The third kappa shape index (κ3) is 3.05. The van der Waals surface area contributed by atoms with E-state index >= 15 is 0 Å². The Morgan fingerprint density at radius 3 is 2.06 bits per heavy atom. The smallest absolute Gasteiger partial charge is 0.225 e. The normalized spacial score (nSPS) is 11.9. The molecule has 1 heterocycles. The zero-order valence-electron chi connectivity index (χ0n) is 20.0. The third-order valence-corrected chi connectivity index (χ3v) is 7.29. The molecule has 4 aromatic carbocycles. The number of nitrogens with zero attached hydrogens (tertiary/aromatic N) is 2. The van der Waals surface area contributed by atoms with E-state index in [9.17, 15) is 0 Å². The predicted octanol–water partition coefficient (Wildman–Crippen LogP) is 7.56. The second kappa shape index (κ2) is 7.99. The Hall–Kier alpha value is -3.65. The Kier molecular flexibility index (Phi) is 5.20. The summed E-state index contributed by atoms with van der Waals surface area (Å²) in [5.41, 5.74) is 16.0. The van der Waals surface area contributed by atoms with Crippen LogP contribution in [-0.2, 0) is 13.5 Å². The van der Waals surface area contributed by atoms with Crippen LogP contribution in [0.5, 0.6) is 0 Å². The van der Waals surface area contributed by atoms with Gasteiger partial charge in [-0.3, -0.25) is 0 Å². The van der Waals surface area contributed by atoms with E-state index in [-0.39, 0.29) is 7.43 Å². The fraction of sp³-hybridized carbons (Fsp3) is 0.219. The fourth-order valence-electron chi connectivity index (χ4n) is 5.98. The third-order valence-electron chi connectivity index (χ3n) is 7.29. The topological polar surface area (TPSA) is 8.81 Å². The molecule has 170 valence electrons. The molecule has 0 amide bonds. The Balaban J connectivity index is 0.00000241. The zero-order chi connectivity index (χ0) is 22.9. The summed E-state index contributed by atoms with van der Waals surface area (Å²) >= 11 is 0. The van der Waals surface area contributed by atoms with Crippen LogP contribution in [0.25, 0.3) is 39.2 Å². The van der Waals surface area contributed by atoms with Crippen molar-refractivity contribution in [3.63, 3.8) is 0 Å². The van der Waals surface area contributed by atoms with E-state index in [4.69, 9.17) is 0 Å². The molecular weight excluding hydrogens is 412 g/mol. The summed E-state index contributed by atoms with van der Waals surface area (Å²) in [5.74, 6) is 1.24. The highest BCUT2D eigenvalue weighted by Crippen LogP contribution is 2.42. The number of aromatic nitrogens is 2. The van der Waals surface area contributed by atoms with Crippen LogP contribution < -0.4 is 4.57 Å². The number of benzene rings is 4. The van der Waals surface area contributed by atoms with Gasteiger partial charge in [0.05, 0.1) is 12.6 Å². The number of hydrogen-bond acceptors (Lipinski definition) is 0. The van der Waals surface area contributed by atoms with Gasteiger partial charge in [0.2, 0.25) is 0 Å². The van der Waals surface area contributed by atoms with Crippen LogP contribution in [0.2, 0.25) is 0 Å². The molecule has 0 radical (unpaired) electrons. The van der Waals surface area contributed by atoms with Crippen LogP contribution in [0, 0.1) is 27.7 Å². The second-order valence-corrected chi connectivity index (χ2v) is 9.57. The maximum absolute atomic E-state index is 2.50. The molecule has 34 heavy (non-hydrogen) atoms. The van der Waals surface area contributed by atoms with E-state index in [0.717, 1.165) is 6.42 Å². The van der Waals surface area contributed by atoms with Gasteiger partial charge in [-0.15, -0.1) is 0 Å². The molecule has 1 aliphatic rings. The molecule has 0 fully saturated rings. The molecule has 5 aromatic rings. The first-order chi connectivity index (χ1) is 16.0. The predicted molar refractivity (Wildman–Crippen MR) is 144 cm³/mol. The van der Waals surface area contributed by atoms with Gasteiger partial charge in [-0.2, -0.15) is 4.57 Å². The number of imidazole rings is 1. The summed E-state index contributed by atoms with van der Waals surface area (Å²) in [6.07, 6.45) is 0.986. The van der Waals surface area contributed by atoms with Gasteiger partial charge in [0, 0.05) is 12.0 Å². The van der Waals surface area contributed by atoms with Crippen molar-refractivity contribution in [2.75, 3.05) is 0 Å². The van der Waals surface area contributed by atoms with Crippen LogP contribution in [0.3, 0.4) is 0 Å². The molecule has 0 aliphatic heterocycles. The summed E-state index contributed by atoms with van der Waals surface area (Å²) in [4.78, 5) is 0. The Bertz CT molecular complexity index is 1560. The lowest BCUT2D eigenvalue weighted by Gasteiger charge is -2.12. The first-order valence-electron chi connectivity index (χ1n) is 11.7. The summed E-state index contributed by atoms with van der Waals surface area (Å²) in [6, 6.07) is 26.9. The van der Waals surface area contributed by atoms with Crippen molar-refractivity contribution in [2.24, 2.45) is 7.05 Å². The van der Waals surface area contributed by atoms with Gasteiger partial charge in [-0.05, 0) is 79.3 Å². The number of fused-ring (bicyclic) bond motifs is 5. The van der Waals surface area contributed by atoms with E-state index in [2.05, 4.69) is 117 Å². The van der Waals surface area contributed by atoms with Crippen LogP contribution >= 0.6 is 0 Å². The molecular formula is C32H33N2+. The van der Waals surface area contributed by atoms with Gasteiger partial charge in [0.1, 0.15) is 5.69 Å². The van der Waals surface area contributed by atoms with Crippen molar-refractivity contribution in [3.05, 3.63) is 106 Å². The summed E-state index contributed by atoms with van der Waals surface area (Å²) in [6.45, 7) is 8.88. The summed E-state index contributed by atoms with van der Waals surface area (Å²) in [7, 11) is 2.24. The minimum Gasteiger partial charge on any atom is -0.225 e. The van der Waals surface area contributed by atoms with Crippen molar-refractivity contribution in [2.45, 2.75) is 41.5 Å². The molecule has 2 nitrogen and oxygen atoms in total. The van der Waals surface area contributed by atoms with Crippen molar-refractivity contribution < 1.29 is 4.57 Å². The molecule has 6 rings (SSSR count). The monoisotopic (exact) mass is 445 g/mol. The van der Waals surface area contributed by atoms with Crippen LogP contribution in [0.15, 0.2) is 72.8 Å². The summed E-state index contributed by atoms with van der Waals surface area (Å²) < 4.78 is 4.94. The number of aryl methyl sites for hydroxylation is 5. The lowest BCUT2D eigenvalue weighted by atomic mass is 10.0. The minimum atomic E-state index is 0. The van der Waals surface area contributed by atoms with Gasteiger partial charge >= 0.3 is 0 Å². The van der Waals surface area contributed by atoms with E-state index in [0.29, 0.717) is 0 Å². The van der Waals surface area contributed by atoms with Gasteiger partial charge in [0.25, 0.3) is 5.82 Å². The van der Waals surface area contributed by atoms with Crippen LogP contribution in [0.1, 0.15) is 40.8 Å². The van der Waals surface area contributed by atoms with Crippen molar-refractivity contribution in [1.82, 2.24) is 4.57 Å². The lowest BCUT2D eigenvalue weighted by Crippen LogP contribution is -2.31. The molecule has 0 saturated carbocycles. The molecule has 0 saturated heterocycles. The van der Waals surface area contributed by atoms with E-state index in [1.807, 2.05) is 0 Å². The Morgan fingerprint density at radius 2 is 1.35 bits per heavy atom. The van der Waals surface area contributed by atoms with Crippen molar-refractivity contribution in [3.8, 4) is 28.2 Å². The maximum atomic E-state index is 2.50. The van der Waals surface area contributed by atoms with Gasteiger partial charge in [-0.1, -0.05) is 67.6 Å².